The highest BCUT2D eigenvalue weighted by molar-refractivity contribution is 8.04. The molecule has 5 nitrogen and oxygen atoms in total. The van der Waals surface area contributed by atoms with Crippen LogP contribution in [0.4, 0.5) is 10.1 Å². The van der Waals surface area contributed by atoms with Gasteiger partial charge in [0.25, 0.3) is 11.8 Å². The molecule has 2 aromatic carbocycles. The van der Waals surface area contributed by atoms with Crippen LogP contribution in [-0.2, 0) is 20.8 Å². The third kappa shape index (κ3) is 4.74. The number of carbonyl (C=O) groups excluding carboxylic acids is 3. The lowest BCUT2D eigenvalue weighted by Crippen LogP contribution is -2.33. The van der Waals surface area contributed by atoms with E-state index >= 15 is 0 Å². The first-order valence-corrected chi connectivity index (χ1v) is 10.2. The van der Waals surface area contributed by atoms with Crippen molar-refractivity contribution in [2.45, 2.75) is 20.3 Å². The molecule has 1 N–H and O–H groups in total. The van der Waals surface area contributed by atoms with Gasteiger partial charge < -0.3 is 5.32 Å². The number of hydrogen-bond donors (Lipinski definition) is 1. The van der Waals surface area contributed by atoms with Crippen molar-refractivity contribution in [3.05, 3.63) is 70.4 Å². The zero-order chi connectivity index (χ0) is 21.0. The van der Waals surface area contributed by atoms with Crippen LogP contribution in [0.25, 0.3) is 5.57 Å². The first-order valence-electron chi connectivity index (χ1n) is 9.26. The molecule has 7 heteroatoms. The van der Waals surface area contributed by atoms with E-state index < -0.39 is 0 Å². The topological polar surface area (TPSA) is 66.5 Å². The van der Waals surface area contributed by atoms with Gasteiger partial charge in [0.15, 0.2) is 0 Å². The summed E-state index contributed by atoms with van der Waals surface area (Å²) in [6.45, 7) is 3.57. The van der Waals surface area contributed by atoms with Crippen LogP contribution in [-0.4, -0.2) is 34.9 Å². The number of imide groups is 1. The minimum atomic E-state index is -0.333. The molecule has 0 fully saturated rings. The maximum atomic E-state index is 13.1. The third-order valence-corrected chi connectivity index (χ3v) is 5.40. The first kappa shape index (κ1) is 20.8. The number of anilines is 1. The largest absolute Gasteiger partial charge is 0.326 e. The summed E-state index contributed by atoms with van der Waals surface area (Å²) in [5.41, 5.74) is 2.49. The quantitative estimate of drug-likeness (QED) is 0.702. The van der Waals surface area contributed by atoms with Gasteiger partial charge in [0.2, 0.25) is 5.91 Å². The molecule has 1 aliphatic heterocycles. The summed E-state index contributed by atoms with van der Waals surface area (Å²) in [5, 5.41) is 2.68. The zero-order valence-electron chi connectivity index (χ0n) is 16.2. The molecular weight excluding hydrogens is 391 g/mol. The fraction of sp³-hybridized carbons (Fsp3) is 0.227. The number of benzene rings is 2. The number of carbonyl (C=O) groups is 3. The summed E-state index contributed by atoms with van der Waals surface area (Å²) in [6, 6.07) is 12.9. The van der Waals surface area contributed by atoms with E-state index in [1.165, 1.54) is 35.7 Å². The zero-order valence-corrected chi connectivity index (χ0v) is 17.0. The van der Waals surface area contributed by atoms with E-state index in [1.807, 2.05) is 6.92 Å². The van der Waals surface area contributed by atoms with Crippen molar-refractivity contribution in [3.8, 4) is 0 Å². The second-order valence-electron chi connectivity index (χ2n) is 6.53. The molecule has 0 spiro atoms. The molecule has 0 saturated carbocycles. The van der Waals surface area contributed by atoms with Crippen molar-refractivity contribution in [2.75, 3.05) is 17.6 Å². The van der Waals surface area contributed by atoms with Gasteiger partial charge in [-0.3, -0.25) is 19.3 Å². The van der Waals surface area contributed by atoms with Crippen LogP contribution in [0.5, 0.6) is 0 Å². The molecule has 2 aromatic rings. The van der Waals surface area contributed by atoms with Crippen molar-refractivity contribution < 1.29 is 18.8 Å². The molecule has 1 aliphatic rings. The number of hydrogen-bond acceptors (Lipinski definition) is 4. The van der Waals surface area contributed by atoms with Crippen molar-refractivity contribution in [1.29, 1.82) is 0 Å². The van der Waals surface area contributed by atoms with E-state index in [9.17, 15) is 18.8 Å². The molecule has 3 amide bonds. The van der Waals surface area contributed by atoms with Gasteiger partial charge in [-0.25, -0.2) is 4.39 Å². The Balaban J connectivity index is 1.82. The maximum Gasteiger partial charge on any atom is 0.267 e. The lowest BCUT2D eigenvalue weighted by molar-refractivity contribution is -0.136. The van der Waals surface area contributed by atoms with E-state index in [1.54, 1.807) is 36.4 Å². The maximum absolute atomic E-state index is 13.1. The SMILES string of the molecule is CCSC1=C(c2ccc(NC(C)=O)cc2)C(=O)N(CCc2ccc(F)cc2)C1=O. The standard InChI is InChI=1S/C22H21FN2O3S/c1-3-29-20-19(16-6-10-18(11-7-16)24-14(2)26)21(27)25(22(20)28)13-12-15-4-8-17(23)9-5-15/h4-11H,3,12-13H2,1-2H3,(H,24,26). The van der Waals surface area contributed by atoms with Crippen LogP contribution in [0.15, 0.2) is 53.4 Å². The second-order valence-corrected chi connectivity index (χ2v) is 7.81. The van der Waals surface area contributed by atoms with Crippen LogP contribution in [0.2, 0.25) is 0 Å². The summed E-state index contributed by atoms with van der Waals surface area (Å²) in [5.74, 6) is -0.480. The van der Waals surface area contributed by atoms with Gasteiger partial charge in [0.05, 0.1) is 10.5 Å². The van der Waals surface area contributed by atoms with E-state index in [0.717, 1.165) is 5.56 Å². The van der Waals surface area contributed by atoms with Gasteiger partial charge in [-0.2, -0.15) is 0 Å². The fourth-order valence-electron chi connectivity index (χ4n) is 3.11. The fourth-order valence-corrected chi connectivity index (χ4v) is 3.98. The molecule has 1 heterocycles. The summed E-state index contributed by atoms with van der Waals surface area (Å²) >= 11 is 1.34. The van der Waals surface area contributed by atoms with Gasteiger partial charge in [0.1, 0.15) is 5.82 Å². The molecular formula is C22H21FN2O3S. The van der Waals surface area contributed by atoms with E-state index in [0.29, 0.717) is 33.9 Å². The number of amides is 3. The number of thioether (sulfide) groups is 1. The van der Waals surface area contributed by atoms with Crippen LogP contribution in [0.1, 0.15) is 25.0 Å². The minimum absolute atomic E-state index is 0.182. The molecule has 0 aromatic heterocycles. The van der Waals surface area contributed by atoms with E-state index in [4.69, 9.17) is 0 Å². The smallest absolute Gasteiger partial charge is 0.267 e. The number of nitrogens with one attached hydrogen (secondary N) is 1. The van der Waals surface area contributed by atoms with Gasteiger partial charge in [-0.1, -0.05) is 31.2 Å². The lowest BCUT2D eigenvalue weighted by atomic mass is 10.1. The monoisotopic (exact) mass is 412 g/mol. The molecule has 3 rings (SSSR count). The predicted molar refractivity (Wildman–Crippen MR) is 113 cm³/mol. The highest BCUT2D eigenvalue weighted by Gasteiger charge is 2.38. The van der Waals surface area contributed by atoms with E-state index in [2.05, 4.69) is 5.32 Å². The molecule has 0 unspecified atom stereocenters. The minimum Gasteiger partial charge on any atom is -0.326 e. The van der Waals surface area contributed by atoms with Crippen LogP contribution in [0.3, 0.4) is 0 Å². The highest BCUT2D eigenvalue weighted by atomic mass is 32.2. The molecule has 0 aliphatic carbocycles. The van der Waals surface area contributed by atoms with Crippen LogP contribution in [0, 0.1) is 5.82 Å². The van der Waals surface area contributed by atoms with Gasteiger partial charge >= 0.3 is 0 Å². The number of halogens is 1. The normalized spacial score (nSPS) is 14.0. The Morgan fingerprint density at radius 1 is 1.03 bits per heavy atom. The molecule has 0 radical (unpaired) electrons. The molecule has 0 bridgehead atoms. The highest BCUT2D eigenvalue weighted by Crippen LogP contribution is 2.36. The summed E-state index contributed by atoms with van der Waals surface area (Å²) in [4.78, 5) is 38.8. The predicted octanol–water partition coefficient (Wildman–Crippen LogP) is 3.86. The second kappa shape index (κ2) is 9.05. The molecule has 29 heavy (non-hydrogen) atoms. The average molecular weight is 412 g/mol. The Morgan fingerprint density at radius 2 is 1.69 bits per heavy atom. The summed E-state index contributed by atoms with van der Waals surface area (Å²) < 4.78 is 13.1. The van der Waals surface area contributed by atoms with Crippen molar-refractivity contribution in [1.82, 2.24) is 4.90 Å². The Hall–Kier alpha value is -2.93. The Bertz CT molecular complexity index is 969. The van der Waals surface area contributed by atoms with Crippen molar-refractivity contribution in [2.24, 2.45) is 0 Å². The van der Waals surface area contributed by atoms with Gasteiger partial charge in [-0.15, -0.1) is 11.8 Å². The van der Waals surface area contributed by atoms with E-state index in [-0.39, 0.29) is 30.1 Å². The molecule has 0 atom stereocenters. The summed E-state index contributed by atoms with van der Waals surface area (Å²) in [6.07, 6.45) is 0.455. The Morgan fingerprint density at radius 3 is 2.28 bits per heavy atom. The molecule has 0 saturated heterocycles. The van der Waals surface area contributed by atoms with Crippen LogP contribution < -0.4 is 5.32 Å². The first-order chi connectivity index (χ1) is 13.9. The van der Waals surface area contributed by atoms with Gasteiger partial charge in [-0.05, 0) is 47.6 Å². The number of rotatable bonds is 7. The lowest BCUT2D eigenvalue weighted by Gasteiger charge is -2.15. The average Bonchev–Trinajstić information content (AvgIpc) is 2.92. The number of nitrogens with zero attached hydrogens (tertiary/aromatic N) is 1. The van der Waals surface area contributed by atoms with Crippen LogP contribution >= 0.6 is 11.8 Å². The Kier molecular flexibility index (Phi) is 6.49. The van der Waals surface area contributed by atoms with Crippen molar-refractivity contribution in [3.63, 3.8) is 0 Å². The summed E-state index contributed by atoms with van der Waals surface area (Å²) in [7, 11) is 0. The third-order valence-electron chi connectivity index (χ3n) is 4.45. The van der Waals surface area contributed by atoms with Gasteiger partial charge in [0, 0.05) is 19.2 Å². The Labute approximate surface area is 173 Å². The van der Waals surface area contributed by atoms with Crippen molar-refractivity contribution >= 4 is 40.7 Å². The molecule has 150 valence electrons.